The fourth-order valence-electron chi connectivity index (χ4n) is 3.60. The number of nitrogens with zero attached hydrogens (tertiary/aromatic N) is 2. The number of benzene rings is 2. The Kier molecular flexibility index (Phi) is 8.67. The number of fused-ring (bicyclic) bond motifs is 1. The van der Waals surface area contributed by atoms with E-state index < -0.39 is 0 Å². The third-order valence-electron chi connectivity index (χ3n) is 5.03. The van der Waals surface area contributed by atoms with E-state index in [1.54, 1.807) is 0 Å². The van der Waals surface area contributed by atoms with Gasteiger partial charge in [0.25, 0.3) is 0 Å². The second-order valence-electron chi connectivity index (χ2n) is 7.36. The SMILES string of the molecule is C=CCc1ccccc1OCCCn1c(CCCNC(=O)COC)nc2ccccc21. The molecule has 0 atom stereocenters. The predicted molar refractivity (Wildman–Crippen MR) is 123 cm³/mol. The lowest BCUT2D eigenvalue weighted by molar-refractivity contribution is -0.124. The van der Waals surface area contributed by atoms with Gasteiger partial charge in [-0.1, -0.05) is 36.4 Å². The molecule has 0 spiro atoms. The topological polar surface area (TPSA) is 65.4 Å². The molecule has 0 aliphatic carbocycles. The van der Waals surface area contributed by atoms with Crippen LogP contribution >= 0.6 is 0 Å². The van der Waals surface area contributed by atoms with Gasteiger partial charge in [-0.15, -0.1) is 6.58 Å². The van der Waals surface area contributed by atoms with Crippen LogP contribution in [0.1, 0.15) is 24.2 Å². The summed E-state index contributed by atoms with van der Waals surface area (Å²) >= 11 is 0. The van der Waals surface area contributed by atoms with Crippen molar-refractivity contribution in [3.63, 3.8) is 0 Å². The smallest absolute Gasteiger partial charge is 0.245 e. The van der Waals surface area contributed by atoms with Crippen molar-refractivity contribution in [3.8, 4) is 5.75 Å². The Morgan fingerprint density at radius 2 is 1.97 bits per heavy atom. The number of amides is 1. The number of carbonyl (C=O) groups excluding carboxylic acids is 1. The minimum Gasteiger partial charge on any atom is -0.493 e. The van der Waals surface area contributed by atoms with Gasteiger partial charge in [0, 0.05) is 26.6 Å². The fourth-order valence-corrected chi connectivity index (χ4v) is 3.60. The van der Waals surface area contributed by atoms with E-state index in [1.165, 1.54) is 7.11 Å². The first-order valence-corrected chi connectivity index (χ1v) is 10.7. The highest BCUT2D eigenvalue weighted by Gasteiger charge is 2.11. The largest absolute Gasteiger partial charge is 0.493 e. The molecule has 0 saturated heterocycles. The summed E-state index contributed by atoms with van der Waals surface area (Å²) in [4.78, 5) is 16.4. The number of imidazole rings is 1. The van der Waals surface area contributed by atoms with Gasteiger partial charge in [-0.05, 0) is 43.0 Å². The predicted octanol–water partition coefficient (Wildman–Crippen LogP) is 3.93. The Morgan fingerprint density at radius 3 is 2.81 bits per heavy atom. The molecule has 3 aromatic rings. The maximum absolute atomic E-state index is 11.5. The number of nitrogens with one attached hydrogen (secondary N) is 1. The molecule has 1 heterocycles. The van der Waals surface area contributed by atoms with E-state index in [2.05, 4.69) is 28.6 Å². The van der Waals surface area contributed by atoms with Crippen molar-refractivity contribution < 1.29 is 14.3 Å². The van der Waals surface area contributed by atoms with E-state index in [0.717, 1.165) is 60.4 Å². The highest BCUT2D eigenvalue weighted by Crippen LogP contribution is 2.20. The highest BCUT2D eigenvalue weighted by molar-refractivity contribution is 5.77. The Morgan fingerprint density at radius 1 is 1.16 bits per heavy atom. The molecule has 1 aromatic heterocycles. The lowest BCUT2D eigenvalue weighted by Crippen LogP contribution is -2.28. The number of carbonyl (C=O) groups is 1. The molecule has 0 fully saturated rings. The molecule has 0 aliphatic heterocycles. The van der Waals surface area contributed by atoms with Crippen molar-refractivity contribution in [3.05, 3.63) is 72.6 Å². The summed E-state index contributed by atoms with van der Waals surface area (Å²) in [5.74, 6) is 1.86. The van der Waals surface area contributed by atoms with Crippen LogP contribution in [0.4, 0.5) is 0 Å². The van der Waals surface area contributed by atoms with E-state index in [9.17, 15) is 4.79 Å². The maximum atomic E-state index is 11.5. The lowest BCUT2D eigenvalue weighted by atomic mass is 10.1. The summed E-state index contributed by atoms with van der Waals surface area (Å²) in [5, 5.41) is 2.87. The summed E-state index contributed by atoms with van der Waals surface area (Å²) in [7, 11) is 1.52. The Balaban J connectivity index is 1.58. The van der Waals surface area contributed by atoms with E-state index >= 15 is 0 Å². The monoisotopic (exact) mass is 421 g/mol. The average molecular weight is 422 g/mol. The van der Waals surface area contributed by atoms with Crippen molar-refractivity contribution in [2.24, 2.45) is 0 Å². The highest BCUT2D eigenvalue weighted by atomic mass is 16.5. The van der Waals surface area contributed by atoms with Gasteiger partial charge in [-0.3, -0.25) is 4.79 Å². The van der Waals surface area contributed by atoms with Gasteiger partial charge in [0.1, 0.15) is 18.2 Å². The standard InChI is InChI=1S/C25H31N3O3/c1-3-10-20-11-4-7-14-23(20)31-18-9-17-28-22-13-6-5-12-21(22)27-24(28)15-8-16-26-25(29)19-30-2/h3-7,11-14H,1,8-10,15-19H2,2H3,(H,26,29). The Bertz CT molecular complexity index is 997. The zero-order valence-electron chi connectivity index (χ0n) is 18.2. The van der Waals surface area contributed by atoms with Crippen LogP contribution in [0.5, 0.6) is 5.75 Å². The number of aromatic nitrogens is 2. The molecule has 0 saturated carbocycles. The van der Waals surface area contributed by atoms with Gasteiger partial charge < -0.3 is 19.4 Å². The molecule has 3 rings (SSSR count). The van der Waals surface area contributed by atoms with Crippen LogP contribution in [-0.4, -0.2) is 42.3 Å². The summed E-state index contributed by atoms with van der Waals surface area (Å²) in [5.41, 5.74) is 3.29. The Labute approximate surface area is 183 Å². The molecule has 164 valence electrons. The van der Waals surface area contributed by atoms with E-state index in [0.29, 0.717) is 13.2 Å². The summed E-state index contributed by atoms with van der Waals surface area (Å²) in [6, 6.07) is 16.3. The van der Waals surface area contributed by atoms with Crippen molar-refractivity contribution in [2.75, 3.05) is 26.9 Å². The zero-order valence-corrected chi connectivity index (χ0v) is 18.2. The second-order valence-corrected chi connectivity index (χ2v) is 7.36. The number of rotatable bonds is 13. The minimum atomic E-state index is -0.0927. The van der Waals surface area contributed by atoms with Crippen LogP contribution in [-0.2, 0) is 28.9 Å². The number of ether oxygens (including phenoxy) is 2. The molecule has 0 radical (unpaired) electrons. The first-order chi connectivity index (χ1) is 15.2. The van der Waals surface area contributed by atoms with Crippen molar-refractivity contribution in [1.29, 1.82) is 0 Å². The lowest BCUT2D eigenvalue weighted by Gasteiger charge is -2.12. The third-order valence-corrected chi connectivity index (χ3v) is 5.03. The van der Waals surface area contributed by atoms with Gasteiger partial charge >= 0.3 is 0 Å². The van der Waals surface area contributed by atoms with Crippen molar-refractivity contribution >= 4 is 16.9 Å². The molecule has 1 amide bonds. The normalized spacial score (nSPS) is 10.9. The van der Waals surface area contributed by atoms with Gasteiger partial charge in [-0.25, -0.2) is 4.98 Å². The van der Waals surface area contributed by atoms with Crippen LogP contribution in [0, 0.1) is 0 Å². The molecule has 0 aliphatic rings. The minimum absolute atomic E-state index is 0.0917. The second kappa shape index (κ2) is 11.9. The molecule has 6 nitrogen and oxygen atoms in total. The zero-order chi connectivity index (χ0) is 21.9. The Hall–Kier alpha value is -3.12. The average Bonchev–Trinajstić information content (AvgIpc) is 3.13. The third kappa shape index (κ3) is 6.43. The molecule has 0 bridgehead atoms. The van der Waals surface area contributed by atoms with Crippen LogP contribution in [0.15, 0.2) is 61.2 Å². The van der Waals surface area contributed by atoms with Crippen LogP contribution in [0.25, 0.3) is 11.0 Å². The summed E-state index contributed by atoms with van der Waals surface area (Å²) in [6.45, 7) is 5.98. The number of hydrogen-bond acceptors (Lipinski definition) is 4. The summed E-state index contributed by atoms with van der Waals surface area (Å²) < 4.78 is 13.2. The molecular formula is C25H31N3O3. The first-order valence-electron chi connectivity index (χ1n) is 10.7. The quantitative estimate of drug-likeness (QED) is 0.335. The molecule has 1 N–H and O–H groups in total. The molecule has 0 unspecified atom stereocenters. The number of hydrogen-bond donors (Lipinski definition) is 1. The number of aryl methyl sites for hydroxylation is 2. The fraction of sp³-hybridized carbons (Fsp3) is 0.360. The number of para-hydroxylation sites is 3. The van der Waals surface area contributed by atoms with Crippen LogP contribution < -0.4 is 10.1 Å². The molecule has 2 aromatic carbocycles. The van der Waals surface area contributed by atoms with Gasteiger partial charge in [0.2, 0.25) is 5.91 Å². The van der Waals surface area contributed by atoms with Crippen molar-refractivity contribution in [2.45, 2.75) is 32.2 Å². The first kappa shape index (κ1) is 22.6. The number of allylic oxidation sites excluding steroid dienone is 1. The van der Waals surface area contributed by atoms with Gasteiger partial charge in [-0.2, -0.15) is 0 Å². The van der Waals surface area contributed by atoms with Gasteiger partial charge in [0.15, 0.2) is 0 Å². The molecule has 31 heavy (non-hydrogen) atoms. The number of methoxy groups -OCH3 is 1. The summed E-state index contributed by atoms with van der Waals surface area (Å²) in [6.07, 6.45) is 5.19. The molecular weight excluding hydrogens is 390 g/mol. The molecule has 6 heteroatoms. The van der Waals surface area contributed by atoms with Crippen LogP contribution in [0.2, 0.25) is 0 Å². The van der Waals surface area contributed by atoms with Crippen molar-refractivity contribution in [1.82, 2.24) is 14.9 Å². The van der Waals surface area contributed by atoms with Crippen LogP contribution in [0.3, 0.4) is 0 Å². The maximum Gasteiger partial charge on any atom is 0.245 e. The van der Waals surface area contributed by atoms with Gasteiger partial charge in [0.05, 0.1) is 17.6 Å². The van der Waals surface area contributed by atoms with E-state index in [-0.39, 0.29) is 12.5 Å². The van der Waals surface area contributed by atoms with E-state index in [4.69, 9.17) is 14.5 Å². The van der Waals surface area contributed by atoms with E-state index in [1.807, 2.05) is 42.5 Å².